The Balaban J connectivity index is 1.99. The number of rotatable bonds is 7. The van der Waals surface area contributed by atoms with Crippen LogP contribution in [0.2, 0.25) is 0 Å². The van der Waals surface area contributed by atoms with Crippen LogP contribution in [0.15, 0.2) is 12.4 Å². The van der Waals surface area contributed by atoms with Gasteiger partial charge in [-0.05, 0) is 33.2 Å². The molecule has 5 nitrogen and oxygen atoms in total. The molecule has 2 heterocycles. The number of aryl methyl sites for hydroxylation is 4. The minimum absolute atomic E-state index is 0.671. The first-order valence-electron chi connectivity index (χ1n) is 7.70. The van der Waals surface area contributed by atoms with Crippen molar-refractivity contribution in [2.45, 2.75) is 54.3 Å². The van der Waals surface area contributed by atoms with E-state index in [0.29, 0.717) is 5.92 Å². The van der Waals surface area contributed by atoms with Crippen LogP contribution in [-0.2, 0) is 19.6 Å². The zero-order chi connectivity index (χ0) is 15.4. The van der Waals surface area contributed by atoms with Crippen LogP contribution in [0.4, 0.5) is 0 Å². The first kappa shape index (κ1) is 15.8. The van der Waals surface area contributed by atoms with Gasteiger partial charge in [0.05, 0.1) is 12.2 Å². The van der Waals surface area contributed by atoms with Crippen LogP contribution in [0.25, 0.3) is 0 Å². The molecule has 0 aliphatic rings. The van der Waals surface area contributed by atoms with Crippen molar-refractivity contribution in [3.63, 3.8) is 0 Å². The van der Waals surface area contributed by atoms with Gasteiger partial charge in [-0.3, -0.25) is 4.68 Å². The van der Waals surface area contributed by atoms with Crippen LogP contribution < -0.4 is 5.32 Å². The maximum Gasteiger partial charge on any atom is 0.105 e. The molecule has 0 atom stereocenters. The normalized spacial score (nSPS) is 11.5. The number of aromatic nitrogens is 4. The van der Waals surface area contributed by atoms with Gasteiger partial charge in [-0.1, -0.05) is 13.8 Å². The van der Waals surface area contributed by atoms with Crippen LogP contribution in [0.1, 0.15) is 36.6 Å². The van der Waals surface area contributed by atoms with Gasteiger partial charge in [0.2, 0.25) is 0 Å². The second-order valence-electron chi connectivity index (χ2n) is 6.07. The molecule has 0 saturated heterocycles. The van der Waals surface area contributed by atoms with E-state index in [2.05, 4.69) is 52.3 Å². The van der Waals surface area contributed by atoms with E-state index in [1.807, 2.05) is 19.3 Å². The number of hydrogen-bond acceptors (Lipinski definition) is 3. The molecule has 0 fully saturated rings. The van der Waals surface area contributed by atoms with Crippen molar-refractivity contribution in [1.82, 2.24) is 24.6 Å². The van der Waals surface area contributed by atoms with Gasteiger partial charge in [-0.15, -0.1) is 0 Å². The highest BCUT2D eigenvalue weighted by Crippen LogP contribution is 2.13. The van der Waals surface area contributed by atoms with Gasteiger partial charge in [0.25, 0.3) is 0 Å². The first-order valence-corrected chi connectivity index (χ1v) is 7.70. The molecule has 0 bridgehead atoms. The van der Waals surface area contributed by atoms with Crippen molar-refractivity contribution >= 4 is 0 Å². The lowest BCUT2D eigenvalue weighted by atomic mass is 10.2. The molecular weight excluding hydrogens is 262 g/mol. The lowest BCUT2D eigenvalue weighted by molar-refractivity contribution is 0.513. The Bertz CT molecular complexity index is 580. The van der Waals surface area contributed by atoms with Crippen LogP contribution in [0.3, 0.4) is 0 Å². The van der Waals surface area contributed by atoms with Crippen molar-refractivity contribution in [2.75, 3.05) is 6.54 Å². The Morgan fingerprint density at radius 2 is 1.95 bits per heavy atom. The third-order valence-electron chi connectivity index (χ3n) is 3.86. The van der Waals surface area contributed by atoms with E-state index in [-0.39, 0.29) is 0 Å². The topological polar surface area (TPSA) is 47.7 Å². The summed E-state index contributed by atoms with van der Waals surface area (Å²) < 4.78 is 4.27. The predicted octanol–water partition coefficient (Wildman–Crippen LogP) is 2.45. The molecule has 0 radical (unpaired) electrons. The Morgan fingerprint density at radius 3 is 2.57 bits per heavy atom. The second kappa shape index (κ2) is 6.89. The summed E-state index contributed by atoms with van der Waals surface area (Å²) in [6, 6.07) is 0. The number of nitrogens with zero attached hydrogens (tertiary/aromatic N) is 4. The summed E-state index contributed by atoms with van der Waals surface area (Å²) in [4.78, 5) is 4.25. The summed E-state index contributed by atoms with van der Waals surface area (Å²) in [7, 11) is 0. The standard InChI is InChI=1S/C16H27N5/c1-12(2)10-17-11-16-13(3)19-21(14(16)4)9-8-20-7-6-18-15(20)5/h6-7,12,17H,8-11H2,1-5H3. The average molecular weight is 289 g/mol. The smallest absolute Gasteiger partial charge is 0.105 e. The van der Waals surface area contributed by atoms with Crippen molar-refractivity contribution < 1.29 is 0 Å². The zero-order valence-electron chi connectivity index (χ0n) is 13.8. The summed E-state index contributed by atoms with van der Waals surface area (Å²) in [6.45, 7) is 14.5. The molecule has 21 heavy (non-hydrogen) atoms. The summed E-state index contributed by atoms with van der Waals surface area (Å²) in [5.41, 5.74) is 3.73. The van der Waals surface area contributed by atoms with E-state index in [4.69, 9.17) is 0 Å². The maximum atomic E-state index is 4.68. The summed E-state index contributed by atoms with van der Waals surface area (Å²) >= 11 is 0. The molecular formula is C16H27N5. The Morgan fingerprint density at radius 1 is 1.19 bits per heavy atom. The summed E-state index contributed by atoms with van der Waals surface area (Å²) in [6.07, 6.45) is 3.87. The fourth-order valence-corrected chi connectivity index (χ4v) is 2.54. The predicted molar refractivity (Wildman–Crippen MR) is 85.2 cm³/mol. The lowest BCUT2D eigenvalue weighted by Crippen LogP contribution is -2.19. The molecule has 2 aromatic heterocycles. The Kier molecular flexibility index (Phi) is 5.17. The molecule has 0 spiro atoms. The zero-order valence-corrected chi connectivity index (χ0v) is 13.8. The van der Waals surface area contributed by atoms with Crippen molar-refractivity contribution in [3.05, 3.63) is 35.2 Å². The number of nitrogens with one attached hydrogen (secondary N) is 1. The number of imidazole rings is 1. The fraction of sp³-hybridized carbons (Fsp3) is 0.625. The van der Waals surface area contributed by atoms with Crippen LogP contribution >= 0.6 is 0 Å². The van der Waals surface area contributed by atoms with Crippen molar-refractivity contribution in [1.29, 1.82) is 0 Å². The minimum Gasteiger partial charge on any atom is -0.333 e. The van der Waals surface area contributed by atoms with Gasteiger partial charge in [0, 0.05) is 36.7 Å². The molecule has 116 valence electrons. The monoisotopic (exact) mass is 289 g/mol. The van der Waals surface area contributed by atoms with Crippen molar-refractivity contribution in [2.24, 2.45) is 5.92 Å². The molecule has 5 heteroatoms. The van der Waals surface area contributed by atoms with Crippen molar-refractivity contribution in [3.8, 4) is 0 Å². The minimum atomic E-state index is 0.671. The SMILES string of the molecule is Cc1nn(CCn2ccnc2C)c(C)c1CNCC(C)C. The second-order valence-corrected chi connectivity index (χ2v) is 6.07. The molecule has 2 aromatic rings. The molecule has 2 rings (SSSR count). The van der Waals surface area contributed by atoms with Gasteiger partial charge in [-0.25, -0.2) is 4.98 Å². The largest absolute Gasteiger partial charge is 0.333 e. The van der Waals surface area contributed by atoms with E-state index in [9.17, 15) is 0 Å². The van der Waals surface area contributed by atoms with Crippen LogP contribution in [-0.4, -0.2) is 25.9 Å². The van der Waals surface area contributed by atoms with E-state index in [1.54, 1.807) is 0 Å². The van der Waals surface area contributed by atoms with Gasteiger partial charge in [0.15, 0.2) is 0 Å². The average Bonchev–Trinajstić information content (AvgIpc) is 2.94. The Hall–Kier alpha value is -1.62. The van der Waals surface area contributed by atoms with Crippen LogP contribution in [0, 0.1) is 26.7 Å². The van der Waals surface area contributed by atoms with Gasteiger partial charge >= 0.3 is 0 Å². The lowest BCUT2D eigenvalue weighted by Gasteiger charge is -2.09. The molecule has 0 aliphatic carbocycles. The molecule has 0 saturated carbocycles. The third-order valence-corrected chi connectivity index (χ3v) is 3.86. The fourth-order valence-electron chi connectivity index (χ4n) is 2.54. The quantitative estimate of drug-likeness (QED) is 0.851. The van der Waals surface area contributed by atoms with E-state index >= 15 is 0 Å². The highest BCUT2D eigenvalue weighted by Gasteiger charge is 2.11. The highest BCUT2D eigenvalue weighted by atomic mass is 15.3. The molecule has 0 amide bonds. The summed E-state index contributed by atoms with van der Waals surface area (Å²) in [5.74, 6) is 1.72. The van der Waals surface area contributed by atoms with E-state index in [1.165, 1.54) is 11.3 Å². The highest BCUT2D eigenvalue weighted by molar-refractivity contribution is 5.24. The molecule has 1 N–H and O–H groups in total. The first-order chi connectivity index (χ1) is 9.99. The van der Waals surface area contributed by atoms with Gasteiger partial charge in [0.1, 0.15) is 5.82 Å². The maximum absolute atomic E-state index is 4.68. The van der Waals surface area contributed by atoms with Gasteiger partial charge in [-0.2, -0.15) is 5.10 Å². The molecule has 0 aliphatic heterocycles. The molecule has 0 aromatic carbocycles. The number of hydrogen-bond donors (Lipinski definition) is 1. The summed E-state index contributed by atoms with van der Waals surface area (Å²) in [5, 5.41) is 8.19. The molecule has 0 unspecified atom stereocenters. The van der Waals surface area contributed by atoms with E-state index in [0.717, 1.165) is 37.7 Å². The van der Waals surface area contributed by atoms with Gasteiger partial charge < -0.3 is 9.88 Å². The van der Waals surface area contributed by atoms with E-state index < -0.39 is 0 Å². The van der Waals surface area contributed by atoms with Crippen LogP contribution in [0.5, 0.6) is 0 Å². The third kappa shape index (κ3) is 3.94. The Labute approximate surface area is 127 Å².